The Hall–Kier alpha value is -2.73. The summed E-state index contributed by atoms with van der Waals surface area (Å²) in [6.45, 7) is 0. The molecular formula is C18H18N4OS. The molecule has 2 aromatic carbocycles. The predicted molar refractivity (Wildman–Crippen MR) is 98.4 cm³/mol. The molecule has 0 fully saturated rings. The van der Waals surface area contributed by atoms with Crippen molar-refractivity contribution in [2.24, 2.45) is 0 Å². The van der Waals surface area contributed by atoms with Gasteiger partial charge in [-0.15, -0.1) is 10.2 Å². The average molecular weight is 338 g/mol. The number of thioether (sulfide) groups is 1. The number of nitrogens with zero attached hydrogens (tertiary/aromatic N) is 3. The van der Waals surface area contributed by atoms with Crippen LogP contribution >= 0.6 is 11.8 Å². The molecule has 3 rings (SSSR count). The topological polar surface area (TPSA) is 66.0 Å². The molecule has 2 N–H and O–H groups in total. The summed E-state index contributed by atoms with van der Waals surface area (Å²) in [5.74, 6) is 8.31. The van der Waals surface area contributed by atoms with Crippen molar-refractivity contribution in [3.05, 3.63) is 66.2 Å². The Labute approximate surface area is 145 Å². The quantitative estimate of drug-likeness (QED) is 0.551. The summed E-state index contributed by atoms with van der Waals surface area (Å²) < 4.78 is 6.67. The summed E-state index contributed by atoms with van der Waals surface area (Å²) in [6.07, 6.45) is 4.16. The van der Waals surface area contributed by atoms with E-state index in [2.05, 4.69) is 34.5 Å². The zero-order valence-corrected chi connectivity index (χ0v) is 14.1. The third-order valence-electron chi connectivity index (χ3n) is 3.43. The minimum absolute atomic E-state index is 0.632. The van der Waals surface area contributed by atoms with E-state index in [0.29, 0.717) is 11.0 Å². The third-order valence-corrected chi connectivity index (χ3v) is 4.33. The molecule has 24 heavy (non-hydrogen) atoms. The lowest BCUT2D eigenvalue weighted by atomic mass is 10.2. The highest BCUT2D eigenvalue weighted by Gasteiger charge is 2.11. The molecule has 0 spiro atoms. The number of ether oxygens (including phenoxy) is 1. The molecule has 122 valence electrons. The Morgan fingerprint density at radius 3 is 2.54 bits per heavy atom. The van der Waals surface area contributed by atoms with Crippen molar-refractivity contribution in [1.82, 2.24) is 14.9 Å². The van der Waals surface area contributed by atoms with Crippen molar-refractivity contribution >= 4 is 17.8 Å². The van der Waals surface area contributed by atoms with Crippen molar-refractivity contribution in [2.75, 3.05) is 18.7 Å². The van der Waals surface area contributed by atoms with Crippen LogP contribution in [0.3, 0.4) is 0 Å². The van der Waals surface area contributed by atoms with Crippen molar-refractivity contribution in [1.29, 1.82) is 0 Å². The second kappa shape index (κ2) is 7.70. The molecule has 0 radical (unpaired) electrons. The van der Waals surface area contributed by atoms with Crippen molar-refractivity contribution in [3.63, 3.8) is 0 Å². The number of benzene rings is 2. The summed E-state index contributed by atoms with van der Waals surface area (Å²) in [7, 11) is 1.64. The van der Waals surface area contributed by atoms with Crippen LogP contribution in [0, 0.1) is 0 Å². The monoisotopic (exact) mass is 338 g/mol. The van der Waals surface area contributed by atoms with Crippen LogP contribution in [0.5, 0.6) is 5.75 Å². The van der Waals surface area contributed by atoms with Gasteiger partial charge in [-0.25, -0.2) is 4.68 Å². The van der Waals surface area contributed by atoms with E-state index in [0.717, 1.165) is 17.1 Å². The van der Waals surface area contributed by atoms with Crippen LogP contribution in [0.2, 0.25) is 0 Å². The largest absolute Gasteiger partial charge is 0.497 e. The van der Waals surface area contributed by atoms with Crippen molar-refractivity contribution < 1.29 is 4.74 Å². The van der Waals surface area contributed by atoms with E-state index in [4.69, 9.17) is 10.6 Å². The lowest BCUT2D eigenvalue weighted by molar-refractivity contribution is 0.415. The first kappa shape index (κ1) is 16.1. The number of nitrogens with two attached hydrogens (primary N) is 1. The lowest BCUT2D eigenvalue weighted by Gasteiger charge is -2.04. The zero-order valence-electron chi connectivity index (χ0n) is 13.3. The van der Waals surface area contributed by atoms with E-state index >= 15 is 0 Å². The van der Waals surface area contributed by atoms with Crippen LogP contribution in [-0.4, -0.2) is 27.7 Å². The first-order valence-corrected chi connectivity index (χ1v) is 8.46. The minimum atomic E-state index is 0.632. The Morgan fingerprint density at radius 1 is 1.08 bits per heavy atom. The highest BCUT2D eigenvalue weighted by molar-refractivity contribution is 7.99. The summed E-state index contributed by atoms with van der Waals surface area (Å²) in [6, 6.07) is 17.7. The van der Waals surface area contributed by atoms with Gasteiger partial charge in [0.2, 0.25) is 5.16 Å². The fraction of sp³-hybridized carbons (Fsp3) is 0.111. The summed E-state index contributed by atoms with van der Waals surface area (Å²) in [5, 5.41) is 9.02. The van der Waals surface area contributed by atoms with Crippen molar-refractivity contribution in [3.8, 4) is 17.1 Å². The van der Waals surface area contributed by atoms with Gasteiger partial charge in [-0.2, -0.15) is 0 Å². The molecule has 0 bridgehead atoms. The number of aromatic nitrogens is 3. The standard InChI is InChI=1S/C18H18N4OS/c1-23-16-11-9-15(10-12-16)17-20-21-18(22(17)19)24-13-5-8-14-6-3-2-4-7-14/h2-12H,13,19H2,1H3. The minimum Gasteiger partial charge on any atom is -0.497 e. The molecule has 0 amide bonds. The van der Waals surface area contributed by atoms with Crippen LogP contribution in [0.15, 0.2) is 65.8 Å². The van der Waals surface area contributed by atoms with E-state index in [1.165, 1.54) is 10.2 Å². The van der Waals surface area contributed by atoms with E-state index in [1.54, 1.807) is 18.9 Å². The molecule has 0 atom stereocenters. The van der Waals surface area contributed by atoms with Gasteiger partial charge in [0.15, 0.2) is 5.82 Å². The number of nitrogen functional groups attached to an aromatic ring is 1. The molecule has 0 saturated heterocycles. The molecule has 0 unspecified atom stereocenters. The summed E-state index contributed by atoms with van der Waals surface area (Å²) in [5.41, 5.74) is 2.07. The van der Waals surface area contributed by atoms with Crippen LogP contribution in [0.1, 0.15) is 5.56 Å². The second-order valence-corrected chi connectivity index (χ2v) is 6.02. The number of methoxy groups -OCH3 is 1. The maximum Gasteiger partial charge on any atom is 0.210 e. The van der Waals surface area contributed by atoms with Crippen LogP contribution in [0.25, 0.3) is 17.5 Å². The molecule has 0 aliphatic carbocycles. The fourth-order valence-electron chi connectivity index (χ4n) is 2.18. The number of rotatable bonds is 6. The normalized spacial score (nSPS) is 11.0. The van der Waals surface area contributed by atoms with Gasteiger partial charge >= 0.3 is 0 Å². The molecule has 6 heteroatoms. The molecule has 1 aromatic heterocycles. The van der Waals surface area contributed by atoms with E-state index in [9.17, 15) is 0 Å². The van der Waals surface area contributed by atoms with Gasteiger partial charge in [0.25, 0.3) is 0 Å². The van der Waals surface area contributed by atoms with Gasteiger partial charge < -0.3 is 10.6 Å². The van der Waals surface area contributed by atoms with Crippen molar-refractivity contribution in [2.45, 2.75) is 5.16 Å². The van der Waals surface area contributed by atoms with Gasteiger partial charge in [-0.1, -0.05) is 54.2 Å². The lowest BCUT2D eigenvalue weighted by Crippen LogP contribution is -2.11. The molecule has 5 nitrogen and oxygen atoms in total. The van der Waals surface area contributed by atoms with Gasteiger partial charge in [0.1, 0.15) is 5.75 Å². The Bertz CT molecular complexity index is 813. The molecule has 3 aromatic rings. The van der Waals surface area contributed by atoms with Gasteiger partial charge in [-0.05, 0) is 29.8 Å². The highest BCUT2D eigenvalue weighted by atomic mass is 32.2. The molecule has 1 heterocycles. The molecule has 0 saturated carbocycles. The second-order valence-electron chi connectivity index (χ2n) is 5.03. The first-order valence-electron chi connectivity index (χ1n) is 7.47. The van der Waals surface area contributed by atoms with Gasteiger partial charge in [0, 0.05) is 11.3 Å². The SMILES string of the molecule is COc1ccc(-c2nnc(SCC=Cc3ccccc3)n2N)cc1. The van der Waals surface area contributed by atoms with Gasteiger partial charge in [-0.3, -0.25) is 0 Å². The predicted octanol–water partition coefficient (Wildman–Crippen LogP) is 3.47. The third kappa shape index (κ3) is 3.78. The molecule has 0 aliphatic rings. The Morgan fingerprint density at radius 2 is 1.83 bits per heavy atom. The maximum absolute atomic E-state index is 6.11. The van der Waals surface area contributed by atoms with Crippen LogP contribution in [0.4, 0.5) is 0 Å². The smallest absolute Gasteiger partial charge is 0.210 e. The van der Waals surface area contributed by atoms with Crippen LogP contribution in [-0.2, 0) is 0 Å². The van der Waals surface area contributed by atoms with Gasteiger partial charge in [0.05, 0.1) is 7.11 Å². The maximum atomic E-state index is 6.11. The Kier molecular flexibility index (Phi) is 5.18. The average Bonchev–Trinajstić information content (AvgIpc) is 3.00. The van der Waals surface area contributed by atoms with E-state index < -0.39 is 0 Å². The first-order chi connectivity index (χ1) is 11.8. The summed E-state index contributed by atoms with van der Waals surface area (Å²) in [4.78, 5) is 0. The number of hydrogen-bond donors (Lipinski definition) is 1. The Balaban J connectivity index is 1.65. The highest BCUT2D eigenvalue weighted by Crippen LogP contribution is 2.23. The van der Waals surface area contributed by atoms with E-state index in [1.807, 2.05) is 42.5 Å². The van der Waals surface area contributed by atoms with E-state index in [-0.39, 0.29) is 0 Å². The van der Waals surface area contributed by atoms with Crippen LogP contribution < -0.4 is 10.6 Å². The fourth-order valence-corrected chi connectivity index (χ4v) is 2.85. The summed E-state index contributed by atoms with van der Waals surface area (Å²) >= 11 is 1.54. The molecular weight excluding hydrogens is 320 g/mol. The number of hydrogen-bond acceptors (Lipinski definition) is 5. The zero-order chi connectivity index (χ0) is 16.8. The molecule has 0 aliphatic heterocycles.